The van der Waals surface area contributed by atoms with E-state index in [9.17, 15) is 43.2 Å². The number of phosphoric acid groups is 2. The van der Waals surface area contributed by atoms with Gasteiger partial charge in [0.25, 0.3) is 0 Å². The molecular formula is C91H178O17P2. The number of unbranched alkanes of at least 4 members (excludes halogenated alkanes) is 66. The van der Waals surface area contributed by atoms with Gasteiger partial charge in [-0.05, 0) is 25.7 Å². The number of hydrogen-bond donors (Lipinski definition) is 3. The zero-order valence-electron chi connectivity index (χ0n) is 72.3. The van der Waals surface area contributed by atoms with Gasteiger partial charge in [0.15, 0.2) is 12.2 Å². The van der Waals surface area contributed by atoms with Crippen molar-refractivity contribution >= 4 is 39.5 Å². The van der Waals surface area contributed by atoms with E-state index in [2.05, 4.69) is 27.7 Å². The van der Waals surface area contributed by atoms with Crippen molar-refractivity contribution in [2.45, 2.75) is 521 Å². The van der Waals surface area contributed by atoms with Gasteiger partial charge in [-0.1, -0.05) is 451 Å². The second kappa shape index (κ2) is 85.0. The van der Waals surface area contributed by atoms with Gasteiger partial charge in [-0.2, -0.15) is 0 Å². The van der Waals surface area contributed by atoms with Crippen LogP contribution in [0, 0.1) is 0 Å². The molecule has 0 aromatic carbocycles. The molecule has 0 rings (SSSR count). The molecule has 5 atom stereocenters. The highest BCUT2D eigenvalue weighted by Gasteiger charge is 2.31. The topological polar surface area (TPSA) is 237 Å². The van der Waals surface area contributed by atoms with Crippen LogP contribution in [0.2, 0.25) is 0 Å². The average molecular weight is 1610 g/mol. The summed E-state index contributed by atoms with van der Waals surface area (Å²) in [5.74, 6) is -2.09. The van der Waals surface area contributed by atoms with Gasteiger partial charge in [-0.3, -0.25) is 37.3 Å². The van der Waals surface area contributed by atoms with Gasteiger partial charge in [0.2, 0.25) is 0 Å². The summed E-state index contributed by atoms with van der Waals surface area (Å²) < 4.78 is 69.1. The zero-order valence-corrected chi connectivity index (χ0v) is 74.0. The summed E-state index contributed by atoms with van der Waals surface area (Å²) in [6.45, 7) is 5.10. The van der Waals surface area contributed by atoms with Crippen molar-refractivity contribution in [1.82, 2.24) is 0 Å². The van der Waals surface area contributed by atoms with Crippen molar-refractivity contribution in [2.75, 3.05) is 39.6 Å². The molecule has 0 aliphatic carbocycles. The maximum absolute atomic E-state index is 13.2. The Bertz CT molecular complexity index is 2070. The van der Waals surface area contributed by atoms with Gasteiger partial charge in [0.05, 0.1) is 26.4 Å². The number of aliphatic hydroxyl groups excluding tert-OH is 1. The molecule has 654 valence electrons. The van der Waals surface area contributed by atoms with E-state index in [0.29, 0.717) is 25.7 Å². The van der Waals surface area contributed by atoms with Crippen molar-refractivity contribution in [3.63, 3.8) is 0 Å². The Morgan fingerprint density at radius 1 is 0.218 bits per heavy atom. The molecule has 19 heteroatoms. The quantitative estimate of drug-likeness (QED) is 0.0222. The van der Waals surface area contributed by atoms with Gasteiger partial charge >= 0.3 is 39.5 Å². The lowest BCUT2D eigenvalue weighted by Gasteiger charge is -2.21. The molecule has 0 aromatic rings. The normalized spacial score (nSPS) is 13.6. The summed E-state index contributed by atoms with van der Waals surface area (Å²) in [6, 6.07) is 0. The van der Waals surface area contributed by atoms with Crippen LogP contribution in [0.5, 0.6) is 0 Å². The maximum atomic E-state index is 13.2. The maximum Gasteiger partial charge on any atom is 0.472 e. The number of carbonyl (C=O) groups is 4. The monoisotopic (exact) mass is 1610 g/mol. The third kappa shape index (κ3) is 84.0. The fraction of sp³-hybridized carbons (Fsp3) is 0.956. The van der Waals surface area contributed by atoms with Crippen LogP contribution in [0.3, 0.4) is 0 Å². The molecular weight excluding hydrogens is 1430 g/mol. The molecule has 3 N–H and O–H groups in total. The van der Waals surface area contributed by atoms with E-state index in [4.69, 9.17) is 37.0 Å². The molecule has 0 fully saturated rings. The Morgan fingerprint density at radius 3 is 0.536 bits per heavy atom. The van der Waals surface area contributed by atoms with E-state index < -0.39 is 97.5 Å². The first kappa shape index (κ1) is 108. The molecule has 0 heterocycles. The summed E-state index contributed by atoms with van der Waals surface area (Å²) in [7, 11) is -9.93. The Morgan fingerprint density at radius 2 is 0.364 bits per heavy atom. The Hall–Kier alpha value is -1.94. The van der Waals surface area contributed by atoms with E-state index >= 15 is 0 Å². The second-order valence-electron chi connectivity index (χ2n) is 32.7. The van der Waals surface area contributed by atoms with Gasteiger partial charge < -0.3 is 33.8 Å². The molecule has 0 saturated carbocycles. The fourth-order valence-electron chi connectivity index (χ4n) is 14.4. The molecule has 17 nitrogen and oxygen atoms in total. The Kier molecular flexibility index (Phi) is 83.5. The smallest absolute Gasteiger partial charge is 0.462 e. The minimum absolute atomic E-state index is 0.110. The standard InChI is InChI=1S/C91H178O17P2/c1-5-9-13-17-21-25-29-33-36-39-42-44-47-50-54-58-62-66-70-74-78-91(96)108-87(82-102-89(94)76-72-68-64-60-56-52-48-46-43-40-37-34-30-26-22-18-14-10-6-2)84-106-110(99,100)104-80-85(92)79-103-109(97,98)105-83-86(81-101-88(93)75-71-67-63-59-55-51-32-28-24-20-16-12-8-4)107-90(95)77-73-69-65-61-57-53-49-45-41-38-35-31-27-23-19-15-11-7-3/h85-87,92H,5-84H2,1-4H3,(H,97,98)(H,99,100)/t85-,86+,87+/m0/s1. The summed E-state index contributed by atoms with van der Waals surface area (Å²) >= 11 is 0. The predicted molar refractivity (Wildman–Crippen MR) is 455 cm³/mol. The highest BCUT2D eigenvalue weighted by atomic mass is 31.2. The lowest BCUT2D eigenvalue weighted by Crippen LogP contribution is -2.30. The van der Waals surface area contributed by atoms with Crippen LogP contribution in [0.1, 0.15) is 503 Å². The lowest BCUT2D eigenvalue weighted by molar-refractivity contribution is -0.161. The summed E-state index contributed by atoms with van der Waals surface area (Å²) in [6.07, 6.45) is 81.9. The molecule has 0 aliphatic heterocycles. The number of phosphoric ester groups is 2. The Balaban J connectivity index is 5.25. The van der Waals surface area contributed by atoms with Gasteiger partial charge in [-0.25, -0.2) is 9.13 Å². The minimum Gasteiger partial charge on any atom is -0.462 e. The first-order chi connectivity index (χ1) is 53.7. The summed E-state index contributed by atoms with van der Waals surface area (Å²) in [5, 5.41) is 10.7. The number of rotatable bonds is 92. The predicted octanol–water partition coefficient (Wildman–Crippen LogP) is 28.5. The van der Waals surface area contributed by atoms with Crippen LogP contribution in [0.25, 0.3) is 0 Å². The molecule has 0 aromatic heterocycles. The van der Waals surface area contributed by atoms with Gasteiger partial charge in [0.1, 0.15) is 19.3 Å². The third-order valence-corrected chi connectivity index (χ3v) is 23.5. The van der Waals surface area contributed by atoms with Gasteiger partial charge in [-0.15, -0.1) is 0 Å². The Labute approximate surface area is 677 Å². The van der Waals surface area contributed by atoms with Gasteiger partial charge in [0, 0.05) is 25.7 Å². The molecule has 0 spiro atoms. The van der Waals surface area contributed by atoms with Crippen molar-refractivity contribution in [2.24, 2.45) is 0 Å². The lowest BCUT2D eigenvalue weighted by atomic mass is 10.0. The second-order valence-corrected chi connectivity index (χ2v) is 35.6. The average Bonchev–Trinajstić information content (AvgIpc) is 0.903. The molecule has 0 saturated heterocycles. The molecule has 0 radical (unpaired) electrons. The number of carbonyl (C=O) groups excluding carboxylic acids is 4. The largest absolute Gasteiger partial charge is 0.472 e. The molecule has 2 unspecified atom stereocenters. The SMILES string of the molecule is CCCCCCCCCCCCCCCCCCCCCCC(=O)O[C@H](COC(=O)CCCCCCCCCCCCCCCCCCCCC)COP(=O)(O)OC[C@@H](O)COP(=O)(O)OC[C@@H](COC(=O)CCCCCCCCCCCCCCC)OC(=O)CCCCCCCCCCCCCCCCCCCC. The van der Waals surface area contributed by atoms with Crippen molar-refractivity contribution in [3.8, 4) is 0 Å². The third-order valence-electron chi connectivity index (χ3n) is 21.6. The van der Waals surface area contributed by atoms with Crippen LogP contribution in [0.4, 0.5) is 0 Å². The van der Waals surface area contributed by atoms with Crippen LogP contribution >= 0.6 is 15.6 Å². The highest BCUT2D eigenvalue weighted by Crippen LogP contribution is 2.45. The van der Waals surface area contributed by atoms with Crippen LogP contribution in [0.15, 0.2) is 0 Å². The number of hydrogen-bond acceptors (Lipinski definition) is 15. The molecule has 0 bridgehead atoms. The molecule has 110 heavy (non-hydrogen) atoms. The van der Waals surface area contributed by atoms with E-state index in [1.807, 2.05) is 0 Å². The first-order valence-corrected chi connectivity index (χ1v) is 50.3. The van der Waals surface area contributed by atoms with E-state index in [1.54, 1.807) is 0 Å². The van der Waals surface area contributed by atoms with E-state index in [-0.39, 0.29) is 25.7 Å². The van der Waals surface area contributed by atoms with Crippen molar-refractivity contribution in [3.05, 3.63) is 0 Å². The van der Waals surface area contributed by atoms with E-state index in [0.717, 1.165) is 89.9 Å². The highest BCUT2D eigenvalue weighted by molar-refractivity contribution is 7.47. The fourth-order valence-corrected chi connectivity index (χ4v) is 16.0. The minimum atomic E-state index is -4.97. The number of aliphatic hydroxyl groups is 1. The number of esters is 4. The van der Waals surface area contributed by atoms with Crippen molar-refractivity contribution < 1.29 is 80.2 Å². The first-order valence-electron chi connectivity index (χ1n) is 47.3. The van der Waals surface area contributed by atoms with E-state index in [1.165, 1.54) is 334 Å². The van der Waals surface area contributed by atoms with Crippen LogP contribution in [-0.2, 0) is 65.4 Å². The van der Waals surface area contributed by atoms with Crippen LogP contribution in [-0.4, -0.2) is 96.7 Å². The molecule has 0 aliphatic rings. The molecule has 0 amide bonds. The summed E-state index contributed by atoms with van der Waals surface area (Å²) in [5.41, 5.74) is 0. The zero-order chi connectivity index (χ0) is 80.3. The van der Waals surface area contributed by atoms with Crippen LogP contribution < -0.4 is 0 Å². The van der Waals surface area contributed by atoms with Crippen molar-refractivity contribution in [1.29, 1.82) is 0 Å². The summed E-state index contributed by atoms with van der Waals surface area (Å²) in [4.78, 5) is 73.5. The number of ether oxygens (including phenoxy) is 4.